The van der Waals surface area contributed by atoms with Gasteiger partial charge in [-0.2, -0.15) is 0 Å². The first-order valence-electron chi connectivity index (χ1n) is 9.20. The SMILES string of the molecule is CCOP(=O)(OCC)C1S(=O)(=O)N(c2ccccc2)CN(c2ccccc2)S1(=O)=O. The molecular formula is C18H23N2O7PS2. The van der Waals surface area contributed by atoms with E-state index in [9.17, 15) is 21.4 Å². The molecule has 1 aliphatic rings. The Hall–Kier alpha value is -1.91. The van der Waals surface area contributed by atoms with Gasteiger partial charge in [0.1, 0.15) is 6.67 Å². The zero-order chi connectivity index (χ0) is 22.0. The van der Waals surface area contributed by atoms with E-state index >= 15 is 0 Å². The molecule has 30 heavy (non-hydrogen) atoms. The zero-order valence-corrected chi connectivity index (χ0v) is 19.0. The molecule has 2 aromatic rings. The highest BCUT2D eigenvalue weighted by Crippen LogP contribution is 2.59. The minimum absolute atomic E-state index is 0.185. The Morgan fingerprint density at radius 2 is 1.17 bits per heavy atom. The topological polar surface area (TPSA) is 110 Å². The molecule has 9 nitrogen and oxygen atoms in total. The molecule has 1 fully saturated rings. The minimum Gasteiger partial charge on any atom is -0.307 e. The van der Waals surface area contributed by atoms with Crippen LogP contribution in [-0.4, -0.2) is 41.0 Å². The second-order valence-electron chi connectivity index (χ2n) is 6.28. The van der Waals surface area contributed by atoms with E-state index in [0.29, 0.717) is 0 Å². The molecule has 0 aliphatic carbocycles. The Labute approximate surface area is 176 Å². The van der Waals surface area contributed by atoms with E-state index in [4.69, 9.17) is 9.05 Å². The Morgan fingerprint density at radius 1 is 0.800 bits per heavy atom. The number of hydrogen-bond acceptors (Lipinski definition) is 7. The molecule has 0 amide bonds. The van der Waals surface area contributed by atoms with E-state index in [0.717, 1.165) is 8.61 Å². The van der Waals surface area contributed by atoms with Crippen LogP contribution in [0.5, 0.6) is 0 Å². The highest BCUT2D eigenvalue weighted by atomic mass is 32.3. The van der Waals surface area contributed by atoms with Crippen molar-refractivity contribution in [2.24, 2.45) is 0 Å². The molecule has 0 atom stereocenters. The Balaban J connectivity index is 2.27. The molecule has 0 unspecified atom stereocenters. The Bertz CT molecular complexity index is 1040. The number of hydrogen-bond donors (Lipinski definition) is 0. The van der Waals surface area contributed by atoms with Crippen LogP contribution in [0.15, 0.2) is 60.7 Å². The molecule has 164 valence electrons. The second kappa shape index (κ2) is 8.68. The van der Waals surface area contributed by atoms with Crippen LogP contribution in [0.4, 0.5) is 11.4 Å². The standard InChI is InChI=1S/C18H23N2O7PS2/c1-3-26-28(21,27-4-2)18-29(22,23)19(16-11-7-5-8-12-16)15-20(30(18,24)25)17-13-9-6-10-14-17/h5-14,18H,3-4,15H2,1-2H3. The number of anilines is 2. The van der Waals surface area contributed by atoms with Crippen molar-refractivity contribution in [1.82, 2.24) is 0 Å². The molecule has 1 saturated heterocycles. The van der Waals surface area contributed by atoms with Gasteiger partial charge in [0.05, 0.1) is 24.6 Å². The largest absolute Gasteiger partial charge is 0.368 e. The second-order valence-corrected chi connectivity index (χ2v) is 13.3. The fraction of sp³-hybridized carbons (Fsp3) is 0.333. The Morgan fingerprint density at radius 3 is 1.50 bits per heavy atom. The summed E-state index contributed by atoms with van der Waals surface area (Å²) >= 11 is 0. The van der Waals surface area contributed by atoms with Gasteiger partial charge in [-0.05, 0) is 38.1 Å². The lowest BCUT2D eigenvalue weighted by Gasteiger charge is -2.41. The van der Waals surface area contributed by atoms with Gasteiger partial charge in [-0.3, -0.25) is 4.57 Å². The summed E-state index contributed by atoms with van der Waals surface area (Å²) in [7, 11) is -14.0. The molecular weight excluding hydrogens is 451 g/mol. The molecule has 12 heteroatoms. The van der Waals surface area contributed by atoms with Crippen LogP contribution in [0.3, 0.4) is 0 Å². The van der Waals surface area contributed by atoms with E-state index in [1.54, 1.807) is 36.4 Å². The molecule has 0 aromatic heterocycles. The highest BCUT2D eigenvalue weighted by Gasteiger charge is 2.62. The van der Waals surface area contributed by atoms with Crippen LogP contribution < -0.4 is 8.61 Å². The summed E-state index contributed by atoms with van der Waals surface area (Å²) in [5.41, 5.74) is 0.468. The summed E-state index contributed by atoms with van der Waals surface area (Å²) in [6.45, 7) is 2.09. The molecule has 1 aliphatic heterocycles. The van der Waals surface area contributed by atoms with E-state index in [1.165, 1.54) is 38.1 Å². The lowest BCUT2D eigenvalue weighted by Crippen LogP contribution is -2.58. The van der Waals surface area contributed by atoms with Crippen LogP contribution in [0.2, 0.25) is 0 Å². The number of rotatable bonds is 7. The smallest absolute Gasteiger partial charge is 0.307 e. The molecule has 3 rings (SSSR count). The monoisotopic (exact) mass is 474 g/mol. The molecule has 0 saturated carbocycles. The van der Waals surface area contributed by atoms with E-state index in [1.807, 2.05) is 0 Å². The fourth-order valence-corrected chi connectivity index (χ4v) is 11.9. The van der Waals surface area contributed by atoms with Gasteiger partial charge in [0.2, 0.25) is 0 Å². The third-order valence-electron chi connectivity index (χ3n) is 4.35. The van der Waals surface area contributed by atoms with Crippen molar-refractivity contribution in [3.05, 3.63) is 60.7 Å². The third kappa shape index (κ3) is 4.00. The molecule has 0 bridgehead atoms. The first kappa shape index (κ1) is 22.8. The van der Waals surface area contributed by atoms with Gasteiger partial charge < -0.3 is 9.05 Å². The van der Waals surface area contributed by atoms with Gasteiger partial charge >= 0.3 is 7.60 Å². The average Bonchev–Trinajstić information content (AvgIpc) is 2.68. The summed E-state index contributed by atoms with van der Waals surface area (Å²) < 4.78 is 77.2. The summed E-state index contributed by atoms with van der Waals surface area (Å²) in [6.07, 6.45) is 0. The van der Waals surface area contributed by atoms with E-state index < -0.39 is 38.6 Å². The first-order chi connectivity index (χ1) is 14.2. The predicted molar refractivity (Wildman–Crippen MR) is 115 cm³/mol. The van der Waals surface area contributed by atoms with Crippen LogP contribution >= 0.6 is 7.60 Å². The predicted octanol–water partition coefficient (Wildman–Crippen LogP) is 3.18. The Kier molecular flexibility index (Phi) is 6.59. The number of nitrogens with zero attached hydrogens (tertiary/aromatic N) is 2. The molecule has 1 heterocycles. The normalized spacial score (nSPS) is 19.0. The van der Waals surface area contributed by atoms with E-state index in [2.05, 4.69) is 0 Å². The van der Waals surface area contributed by atoms with Crippen LogP contribution in [0.1, 0.15) is 13.8 Å². The van der Waals surface area contributed by atoms with Crippen molar-refractivity contribution in [3.8, 4) is 0 Å². The zero-order valence-electron chi connectivity index (χ0n) is 16.5. The maximum absolute atomic E-state index is 13.5. The van der Waals surface area contributed by atoms with Crippen molar-refractivity contribution >= 4 is 39.0 Å². The maximum atomic E-state index is 13.5. The first-order valence-corrected chi connectivity index (χ1v) is 13.8. The highest BCUT2D eigenvalue weighted by molar-refractivity contribution is 8.18. The lowest BCUT2D eigenvalue weighted by atomic mass is 10.3. The van der Waals surface area contributed by atoms with Crippen LogP contribution in [0.25, 0.3) is 0 Å². The minimum atomic E-state index is -4.68. The molecule has 2 aromatic carbocycles. The molecule has 0 N–H and O–H groups in total. The van der Waals surface area contributed by atoms with Crippen LogP contribution in [-0.2, 0) is 33.7 Å². The third-order valence-corrected chi connectivity index (χ3v) is 13.6. The number of para-hydroxylation sites is 2. The van der Waals surface area contributed by atoms with Crippen molar-refractivity contribution in [2.45, 2.75) is 18.2 Å². The van der Waals surface area contributed by atoms with Crippen LogP contribution in [0, 0.1) is 0 Å². The summed E-state index contributed by atoms with van der Waals surface area (Å²) in [6, 6.07) is 16.0. The fourth-order valence-electron chi connectivity index (χ4n) is 3.14. The van der Waals surface area contributed by atoms with Crippen molar-refractivity contribution in [2.75, 3.05) is 28.5 Å². The van der Waals surface area contributed by atoms with Crippen molar-refractivity contribution in [3.63, 3.8) is 0 Å². The summed E-state index contributed by atoms with van der Waals surface area (Å²) in [5, 5.41) is 0. The maximum Gasteiger partial charge on any atom is 0.368 e. The average molecular weight is 474 g/mol. The molecule has 0 spiro atoms. The van der Waals surface area contributed by atoms with Gasteiger partial charge in [0.15, 0.2) is 0 Å². The summed E-state index contributed by atoms with van der Waals surface area (Å²) in [5.74, 6) is 0. The van der Waals surface area contributed by atoms with Gasteiger partial charge in [-0.1, -0.05) is 36.4 Å². The van der Waals surface area contributed by atoms with Gasteiger partial charge in [-0.15, -0.1) is 0 Å². The lowest BCUT2D eigenvalue weighted by molar-refractivity contribution is 0.221. The number of benzene rings is 2. The molecule has 0 radical (unpaired) electrons. The van der Waals surface area contributed by atoms with Gasteiger partial charge in [-0.25, -0.2) is 25.4 Å². The van der Waals surface area contributed by atoms with Gasteiger partial charge in [0.25, 0.3) is 24.4 Å². The quantitative estimate of drug-likeness (QED) is 0.567. The van der Waals surface area contributed by atoms with Gasteiger partial charge in [0, 0.05) is 0 Å². The summed E-state index contributed by atoms with van der Waals surface area (Å²) in [4.78, 5) is 0. The number of sulfonamides is 2. The van der Waals surface area contributed by atoms with E-state index in [-0.39, 0.29) is 24.6 Å². The van der Waals surface area contributed by atoms with Crippen molar-refractivity contribution < 1.29 is 30.4 Å². The van der Waals surface area contributed by atoms with Crippen molar-refractivity contribution in [1.29, 1.82) is 0 Å².